The van der Waals surface area contributed by atoms with Crippen molar-refractivity contribution >= 4 is 10.8 Å². The first-order valence-electron chi connectivity index (χ1n) is 5.74. The van der Waals surface area contributed by atoms with Gasteiger partial charge in [-0.25, -0.2) is 0 Å². The molecule has 4 rings (SSSR count). The Morgan fingerprint density at radius 1 is 0.882 bits per heavy atom. The molecule has 80 valence electrons. The van der Waals surface area contributed by atoms with Gasteiger partial charge in [0.05, 0.1) is 11.9 Å². The average molecular weight is 218 g/mol. The van der Waals surface area contributed by atoms with Gasteiger partial charge in [-0.1, -0.05) is 30.3 Å². The Morgan fingerprint density at radius 3 is 2.59 bits per heavy atom. The van der Waals surface area contributed by atoms with Crippen LogP contribution in [0.1, 0.15) is 11.3 Å². The molecule has 1 heterocycles. The molecule has 2 aromatic carbocycles. The van der Waals surface area contributed by atoms with Gasteiger partial charge in [0, 0.05) is 12.0 Å². The molecule has 0 bridgehead atoms. The van der Waals surface area contributed by atoms with Gasteiger partial charge in [0.1, 0.15) is 0 Å². The maximum absolute atomic E-state index is 4.21. The number of hydrogen-bond donors (Lipinski definition) is 0. The van der Waals surface area contributed by atoms with Crippen LogP contribution in [0, 0.1) is 0 Å². The van der Waals surface area contributed by atoms with E-state index in [4.69, 9.17) is 0 Å². The zero-order valence-electron chi connectivity index (χ0n) is 9.22. The third kappa shape index (κ3) is 1.21. The van der Waals surface area contributed by atoms with Crippen LogP contribution in [0.25, 0.3) is 21.9 Å². The van der Waals surface area contributed by atoms with Crippen LogP contribution < -0.4 is 0 Å². The number of benzene rings is 2. The Labute approximate surface area is 98.9 Å². The van der Waals surface area contributed by atoms with Gasteiger partial charge >= 0.3 is 0 Å². The van der Waals surface area contributed by atoms with Crippen molar-refractivity contribution in [3.05, 3.63) is 59.9 Å². The quantitative estimate of drug-likeness (QED) is 0.453. The highest BCUT2D eigenvalue weighted by Gasteiger charge is 2.19. The number of fused-ring (bicyclic) bond motifs is 4. The van der Waals surface area contributed by atoms with Gasteiger partial charge in [-0.2, -0.15) is 10.2 Å². The largest absolute Gasteiger partial charge is 0.159 e. The molecule has 0 saturated carbocycles. The molecule has 0 radical (unpaired) electrons. The first-order chi connectivity index (χ1) is 8.42. The summed E-state index contributed by atoms with van der Waals surface area (Å²) >= 11 is 0. The van der Waals surface area contributed by atoms with Crippen molar-refractivity contribution in [1.82, 2.24) is 10.2 Å². The summed E-state index contributed by atoms with van der Waals surface area (Å²) in [5.74, 6) is 0. The maximum atomic E-state index is 4.21. The summed E-state index contributed by atoms with van der Waals surface area (Å²) in [6, 6.07) is 15.1. The standard InChI is InChI=1S/C15H10N2/c1-2-4-11-8-14-12(7-10(11)3-1)9-15-13(14)5-6-16-17-15/h1-8H,9H2. The lowest BCUT2D eigenvalue weighted by Gasteiger charge is -2.03. The molecular formula is C15H10N2. The minimum absolute atomic E-state index is 0.906. The normalized spacial score (nSPS) is 12.5. The summed E-state index contributed by atoms with van der Waals surface area (Å²) in [5, 5.41) is 10.8. The van der Waals surface area contributed by atoms with Gasteiger partial charge < -0.3 is 0 Å². The third-order valence-corrected chi connectivity index (χ3v) is 3.42. The fourth-order valence-corrected chi connectivity index (χ4v) is 2.60. The number of hydrogen-bond acceptors (Lipinski definition) is 2. The van der Waals surface area contributed by atoms with Crippen molar-refractivity contribution in [3.8, 4) is 11.1 Å². The molecule has 0 N–H and O–H groups in total. The Balaban J connectivity index is 2.07. The molecule has 0 aliphatic heterocycles. The molecular weight excluding hydrogens is 208 g/mol. The lowest BCUT2D eigenvalue weighted by atomic mass is 10.0. The van der Waals surface area contributed by atoms with E-state index < -0.39 is 0 Å². The Morgan fingerprint density at radius 2 is 1.71 bits per heavy atom. The zero-order chi connectivity index (χ0) is 11.2. The molecule has 2 heteroatoms. The van der Waals surface area contributed by atoms with Crippen LogP contribution in [0.15, 0.2) is 48.7 Å². The fraction of sp³-hybridized carbons (Fsp3) is 0.0667. The zero-order valence-corrected chi connectivity index (χ0v) is 9.22. The van der Waals surface area contributed by atoms with Crippen LogP contribution in [-0.4, -0.2) is 10.2 Å². The van der Waals surface area contributed by atoms with E-state index in [0.29, 0.717) is 0 Å². The second-order valence-electron chi connectivity index (χ2n) is 4.42. The summed E-state index contributed by atoms with van der Waals surface area (Å²) < 4.78 is 0. The number of aromatic nitrogens is 2. The molecule has 0 fully saturated rings. The van der Waals surface area contributed by atoms with E-state index in [2.05, 4.69) is 52.7 Å². The highest BCUT2D eigenvalue weighted by molar-refractivity contribution is 5.91. The maximum Gasteiger partial charge on any atom is 0.0753 e. The Bertz CT molecular complexity index is 732. The second-order valence-corrected chi connectivity index (χ2v) is 4.42. The lowest BCUT2D eigenvalue weighted by Crippen LogP contribution is -1.87. The number of nitrogens with zero attached hydrogens (tertiary/aromatic N) is 2. The molecule has 1 aliphatic carbocycles. The second kappa shape index (κ2) is 3.14. The summed E-state index contributed by atoms with van der Waals surface area (Å²) in [6.45, 7) is 0. The van der Waals surface area contributed by atoms with Crippen LogP contribution in [-0.2, 0) is 6.42 Å². The molecule has 1 aliphatic rings. The van der Waals surface area contributed by atoms with Crippen molar-refractivity contribution < 1.29 is 0 Å². The van der Waals surface area contributed by atoms with E-state index in [-0.39, 0.29) is 0 Å². The van der Waals surface area contributed by atoms with Gasteiger partial charge in [0.2, 0.25) is 0 Å². The molecule has 1 aromatic heterocycles. The van der Waals surface area contributed by atoms with E-state index in [1.807, 2.05) is 0 Å². The third-order valence-electron chi connectivity index (χ3n) is 3.42. The van der Waals surface area contributed by atoms with E-state index in [1.54, 1.807) is 6.20 Å². The monoisotopic (exact) mass is 218 g/mol. The molecule has 0 amide bonds. The van der Waals surface area contributed by atoms with Crippen LogP contribution in [0.4, 0.5) is 0 Å². The SMILES string of the molecule is c1ccc2cc3c(cc2c1)Cc1nnccc1-3. The lowest BCUT2D eigenvalue weighted by molar-refractivity contribution is 0.959. The predicted molar refractivity (Wildman–Crippen MR) is 67.8 cm³/mol. The molecule has 0 saturated heterocycles. The first-order valence-corrected chi connectivity index (χ1v) is 5.74. The van der Waals surface area contributed by atoms with Crippen molar-refractivity contribution in [3.63, 3.8) is 0 Å². The van der Waals surface area contributed by atoms with Gasteiger partial charge in [-0.3, -0.25) is 0 Å². The van der Waals surface area contributed by atoms with Gasteiger partial charge in [0.15, 0.2) is 0 Å². The number of rotatable bonds is 0. The molecule has 0 unspecified atom stereocenters. The first kappa shape index (κ1) is 8.88. The van der Waals surface area contributed by atoms with E-state index in [1.165, 1.54) is 27.5 Å². The highest BCUT2D eigenvalue weighted by Crippen LogP contribution is 2.37. The van der Waals surface area contributed by atoms with E-state index in [0.717, 1.165) is 12.1 Å². The van der Waals surface area contributed by atoms with Gasteiger partial charge in [-0.05, 0) is 34.0 Å². The summed E-state index contributed by atoms with van der Waals surface area (Å²) in [5.41, 5.74) is 5.01. The van der Waals surface area contributed by atoms with Crippen LogP contribution >= 0.6 is 0 Å². The summed E-state index contributed by atoms with van der Waals surface area (Å²) in [4.78, 5) is 0. The Kier molecular flexibility index (Phi) is 1.64. The minimum Gasteiger partial charge on any atom is -0.159 e. The highest BCUT2D eigenvalue weighted by atomic mass is 15.1. The molecule has 17 heavy (non-hydrogen) atoms. The van der Waals surface area contributed by atoms with E-state index in [9.17, 15) is 0 Å². The predicted octanol–water partition coefficient (Wildman–Crippen LogP) is 3.20. The van der Waals surface area contributed by atoms with Crippen molar-refractivity contribution in [2.24, 2.45) is 0 Å². The van der Waals surface area contributed by atoms with Gasteiger partial charge in [-0.15, -0.1) is 0 Å². The van der Waals surface area contributed by atoms with Crippen molar-refractivity contribution in [1.29, 1.82) is 0 Å². The van der Waals surface area contributed by atoms with Gasteiger partial charge in [0.25, 0.3) is 0 Å². The van der Waals surface area contributed by atoms with Crippen LogP contribution in [0.3, 0.4) is 0 Å². The molecule has 2 nitrogen and oxygen atoms in total. The van der Waals surface area contributed by atoms with Crippen molar-refractivity contribution in [2.75, 3.05) is 0 Å². The molecule has 3 aromatic rings. The minimum atomic E-state index is 0.906. The summed E-state index contributed by atoms with van der Waals surface area (Å²) in [7, 11) is 0. The smallest absolute Gasteiger partial charge is 0.0753 e. The average Bonchev–Trinajstić information content (AvgIpc) is 2.73. The topological polar surface area (TPSA) is 25.8 Å². The van der Waals surface area contributed by atoms with Crippen molar-refractivity contribution in [2.45, 2.75) is 6.42 Å². The fourth-order valence-electron chi connectivity index (χ4n) is 2.60. The van der Waals surface area contributed by atoms with Crippen LogP contribution in [0.5, 0.6) is 0 Å². The van der Waals surface area contributed by atoms with E-state index >= 15 is 0 Å². The molecule has 0 atom stereocenters. The Hall–Kier alpha value is -2.22. The summed E-state index contributed by atoms with van der Waals surface area (Å²) in [6.07, 6.45) is 2.67. The molecule has 0 spiro atoms. The van der Waals surface area contributed by atoms with Crippen LogP contribution in [0.2, 0.25) is 0 Å².